The summed E-state index contributed by atoms with van der Waals surface area (Å²) in [4.78, 5) is 34.6. The minimum absolute atomic E-state index is 0.0409. The summed E-state index contributed by atoms with van der Waals surface area (Å²) in [7, 11) is 0. The van der Waals surface area contributed by atoms with Gasteiger partial charge in [-0.2, -0.15) is 0 Å². The fraction of sp³-hybridized carbons (Fsp3) is 0.130. The molecule has 2 N–H and O–H groups in total. The lowest BCUT2D eigenvalue weighted by Gasteiger charge is -2.19. The van der Waals surface area contributed by atoms with Gasteiger partial charge in [0, 0.05) is 17.8 Å². The maximum atomic E-state index is 13.9. The first-order chi connectivity index (χ1) is 14.8. The highest BCUT2D eigenvalue weighted by Gasteiger charge is 2.18. The van der Waals surface area contributed by atoms with E-state index in [0.29, 0.717) is 33.4 Å². The normalized spacial score (nSPS) is 12.0. The molecular formula is C23H18FN3O4. The Balaban J connectivity index is 1.83. The lowest BCUT2D eigenvalue weighted by molar-refractivity contribution is 0.0696. The number of nitrogens with zero attached hydrogens (tertiary/aromatic N) is 2. The first-order valence-corrected chi connectivity index (χ1v) is 9.48. The fourth-order valence-electron chi connectivity index (χ4n) is 3.38. The second-order valence-electron chi connectivity index (χ2n) is 7.07. The Morgan fingerprint density at radius 2 is 2.00 bits per heavy atom. The second kappa shape index (κ2) is 7.98. The van der Waals surface area contributed by atoms with Gasteiger partial charge in [0.15, 0.2) is 0 Å². The van der Waals surface area contributed by atoms with Crippen molar-refractivity contribution in [3.05, 3.63) is 87.9 Å². The summed E-state index contributed by atoms with van der Waals surface area (Å²) in [5.41, 5.74) is 2.16. The summed E-state index contributed by atoms with van der Waals surface area (Å²) in [5, 5.41) is 9.40. The number of nitrogens with one attached hydrogen (secondary N) is 1. The van der Waals surface area contributed by atoms with Gasteiger partial charge in [0.25, 0.3) is 5.56 Å². The van der Waals surface area contributed by atoms with Crippen molar-refractivity contribution in [2.45, 2.75) is 20.0 Å². The number of pyridine rings is 1. The number of ether oxygens (including phenoxy) is 1. The van der Waals surface area contributed by atoms with E-state index in [1.165, 1.54) is 30.5 Å². The van der Waals surface area contributed by atoms with Crippen LogP contribution in [0.5, 0.6) is 5.88 Å². The third kappa shape index (κ3) is 4.13. The second-order valence-corrected chi connectivity index (χ2v) is 7.07. The molecule has 2 aromatic carbocycles. The van der Waals surface area contributed by atoms with E-state index in [9.17, 15) is 14.0 Å². The zero-order chi connectivity index (χ0) is 22.1. The molecule has 7 nitrogen and oxygen atoms in total. The number of rotatable bonds is 5. The van der Waals surface area contributed by atoms with Crippen LogP contribution >= 0.6 is 0 Å². The van der Waals surface area contributed by atoms with Crippen LogP contribution in [0.1, 0.15) is 34.8 Å². The summed E-state index contributed by atoms with van der Waals surface area (Å²) in [6.07, 6.45) is 0.627. The summed E-state index contributed by atoms with van der Waals surface area (Å²) in [6.45, 7) is 3.46. The topological polar surface area (TPSA) is 105 Å². The third-order valence-corrected chi connectivity index (χ3v) is 4.85. The lowest BCUT2D eigenvalue weighted by atomic mass is 9.94. The van der Waals surface area contributed by atoms with Crippen molar-refractivity contribution >= 4 is 16.9 Å². The monoisotopic (exact) mass is 419 g/mol. The Labute approximate surface area is 176 Å². The molecule has 0 aliphatic heterocycles. The molecule has 0 aliphatic carbocycles. The largest absolute Gasteiger partial charge is 0.478 e. The first kappa shape index (κ1) is 20.2. The Bertz CT molecular complexity index is 1350. The van der Waals surface area contributed by atoms with Crippen LogP contribution in [-0.4, -0.2) is 26.0 Å². The van der Waals surface area contributed by atoms with Gasteiger partial charge in [-0.05, 0) is 55.3 Å². The zero-order valence-corrected chi connectivity index (χ0v) is 16.7. The number of aromatic carboxylic acids is 1. The molecule has 0 aliphatic rings. The lowest BCUT2D eigenvalue weighted by Crippen LogP contribution is -2.12. The average Bonchev–Trinajstić information content (AvgIpc) is 2.73. The Kier molecular flexibility index (Phi) is 5.21. The van der Waals surface area contributed by atoms with E-state index in [2.05, 4.69) is 15.0 Å². The summed E-state index contributed by atoms with van der Waals surface area (Å²) in [6, 6.07) is 12.4. The maximum absolute atomic E-state index is 13.9. The number of halogens is 1. The highest BCUT2D eigenvalue weighted by atomic mass is 19.1. The minimum atomic E-state index is -1.09. The highest BCUT2D eigenvalue weighted by Crippen LogP contribution is 2.33. The average molecular weight is 419 g/mol. The van der Waals surface area contributed by atoms with Crippen molar-refractivity contribution in [3.63, 3.8) is 0 Å². The summed E-state index contributed by atoms with van der Waals surface area (Å²) < 4.78 is 19.8. The van der Waals surface area contributed by atoms with Gasteiger partial charge >= 0.3 is 5.97 Å². The van der Waals surface area contributed by atoms with E-state index >= 15 is 0 Å². The van der Waals surface area contributed by atoms with Crippen molar-refractivity contribution < 1.29 is 19.0 Å². The molecule has 0 bridgehead atoms. The molecule has 0 spiro atoms. The van der Waals surface area contributed by atoms with Gasteiger partial charge in [-0.25, -0.2) is 19.2 Å². The number of aryl methyl sites for hydroxylation is 1. The van der Waals surface area contributed by atoms with E-state index < -0.39 is 17.9 Å². The van der Waals surface area contributed by atoms with Crippen molar-refractivity contribution in [2.75, 3.05) is 0 Å². The smallest absolute Gasteiger partial charge is 0.337 e. The number of aromatic amines is 1. The van der Waals surface area contributed by atoms with E-state index in [-0.39, 0.29) is 17.0 Å². The van der Waals surface area contributed by atoms with Crippen LogP contribution < -0.4 is 10.3 Å². The van der Waals surface area contributed by atoms with Gasteiger partial charge in [-0.1, -0.05) is 12.1 Å². The molecular weight excluding hydrogens is 401 g/mol. The molecule has 1 atom stereocenters. The Morgan fingerprint density at radius 1 is 1.19 bits per heavy atom. The molecule has 31 heavy (non-hydrogen) atoms. The summed E-state index contributed by atoms with van der Waals surface area (Å²) in [5.74, 6) is -0.781. The molecule has 2 heterocycles. The van der Waals surface area contributed by atoms with Crippen LogP contribution in [0.4, 0.5) is 4.39 Å². The van der Waals surface area contributed by atoms with Crippen LogP contribution in [0.2, 0.25) is 0 Å². The standard InChI is InChI=1S/C23H18FN3O4/c1-12(31-21-7-6-15(11-25-21)23(29)30)17-9-19-20(26-13(2)27-22(19)28)10-18(17)14-4-3-5-16(24)8-14/h3-12H,1-2H3,(H,29,30)(H,26,27,28). The van der Waals surface area contributed by atoms with E-state index in [1.807, 2.05) is 0 Å². The number of carboxylic acids is 1. The molecule has 1 unspecified atom stereocenters. The number of fused-ring (bicyclic) bond motifs is 1. The third-order valence-electron chi connectivity index (χ3n) is 4.85. The molecule has 0 saturated heterocycles. The number of benzene rings is 2. The SMILES string of the molecule is Cc1nc2cc(-c3cccc(F)c3)c(C(C)Oc3ccc(C(=O)O)cn3)cc2c(=O)[nH]1. The predicted octanol–water partition coefficient (Wildman–Crippen LogP) is 4.27. The van der Waals surface area contributed by atoms with Crippen LogP contribution in [0.3, 0.4) is 0 Å². The molecule has 0 radical (unpaired) electrons. The maximum Gasteiger partial charge on any atom is 0.337 e. The Morgan fingerprint density at radius 3 is 2.68 bits per heavy atom. The molecule has 0 amide bonds. The van der Waals surface area contributed by atoms with Crippen molar-refractivity contribution in [1.82, 2.24) is 15.0 Å². The van der Waals surface area contributed by atoms with Crippen molar-refractivity contribution in [3.8, 4) is 17.0 Å². The van der Waals surface area contributed by atoms with Crippen LogP contribution in [-0.2, 0) is 0 Å². The van der Waals surface area contributed by atoms with Crippen LogP contribution in [0.15, 0.2) is 59.5 Å². The van der Waals surface area contributed by atoms with E-state index in [1.54, 1.807) is 38.1 Å². The zero-order valence-electron chi connectivity index (χ0n) is 16.7. The van der Waals surface area contributed by atoms with Crippen molar-refractivity contribution in [1.29, 1.82) is 0 Å². The highest BCUT2D eigenvalue weighted by molar-refractivity contribution is 5.87. The predicted molar refractivity (Wildman–Crippen MR) is 113 cm³/mol. The van der Waals surface area contributed by atoms with Gasteiger partial charge < -0.3 is 14.8 Å². The molecule has 8 heteroatoms. The fourth-order valence-corrected chi connectivity index (χ4v) is 3.38. The van der Waals surface area contributed by atoms with Crippen molar-refractivity contribution in [2.24, 2.45) is 0 Å². The molecule has 0 saturated carbocycles. The van der Waals surface area contributed by atoms with Gasteiger partial charge in [0.05, 0.1) is 16.5 Å². The van der Waals surface area contributed by atoms with Gasteiger partial charge in [-0.3, -0.25) is 4.79 Å². The van der Waals surface area contributed by atoms with Gasteiger partial charge in [0.1, 0.15) is 17.7 Å². The molecule has 2 aromatic heterocycles. The molecule has 4 rings (SSSR count). The molecule has 4 aromatic rings. The quantitative estimate of drug-likeness (QED) is 0.501. The van der Waals surface area contributed by atoms with Crippen LogP contribution in [0, 0.1) is 12.7 Å². The Hall–Kier alpha value is -4.07. The van der Waals surface area contributed by atoms with E-state index in [0.717, 1.165) is 0 Å². The number of hydrogen-bond acceptors (Lipinski definition) is 5. The van der Waals surface area contributed by atoms with Crippen LogP contribution in [0.25, 0.3) is 22.0 Å². The number of aromatic nitrogens is 3. The number of H-pyrrole nitrogens is 1. The minimum Gasteiger partial charge on any atom is -0.478 e. The first-order valence-electron chi connectivity index (χ1n) is 9.48. The van der Waals surface area contributed by atoms with E-state index in [4.69, 9.17) is 9.84 Å². The number of hydrogen-bond donors (Lipinski definition) is 2. The number of carbonyl (C=O) groups is 1. The summed E-state index contributed by atoms with van der Waals surface area (Å²) >= 11 is 0. The number of carboxylic acid groups (broad SMARTS) is 1. The van der Waals surface area contributed by atoms with Gasteiger partial charge in [-0.15, -0.1) is 0 Å². The van der Waals surface area contributed by atoms with Gasteiger partial charge in [0.2, 0.25) is 5.88 Å². The molecule has 156 valence electrons. The molecule has 0 fully saturated rings.